The molecule has 0 aromatic heterocycles. The second kappa shape index (κ2) is 7.73. The van der Waals surface area contributed by atoms with Gasteiger partial charge in [-0.3, -0.25) is 4.79 Å². The largest absolute Gasteiger partial charge is 0.480 e. The number of rotatable bonds is 7. The van der Waals surface area contributed by atoms with Gasteiger partial charge in [0.25, 0.3) is 0 Å². The molecule has 0 fully saturated rings. The Morgan fingerprint density at radius 2 is 1.88 bits per heavy atom. The summed E-state index contributed by atoms with van der Waals surface area (Å²) in [5.74, 6) is -1.24. The van der Waals surface area contributed by atoms with Gasteiger partial charge in [-0.25, -0.2) is 8.42 Å². The molecule has 0 amide bonds. The minimum atomic E-state index is -4.02. The highest BCUT2D eigenvalue weighted by atomic mass is 32.2. The van der Waals surface area contributed by atoms with Crippen LogP contribution in [0.3, 0.4) is 0 Å². The van der Waals surface area contributed by atoms with E-state index in [1.807, 2.05) is 36.4 Å². The summed E-state index contributed by atoms with van der Waals surface area (Å²) in [5.41, 5.74) is 1.11. The maximum Gasteiger partial charge on any atom is 0.321 e. The molecule has 124 valence electrons. The SMILES string of the molecule is N#Cc1cccc(S(=O)(=O)N[C@@H](CCc2ccccc2)C(=O)O)c1. The Morgan fingerprint density at radius 1 is 1.17 bits per heavy atom. The van der Waals surface area contributed by atoms with Gasteiger partial charge in [0.15, 0.2) is 0 Å². The van der Waals surface area contributed by atoms with Crippen molar-refractivity contribution < 1.29 is 18.3 Å². The summed E-state index contributed by atoms with van der Waals surface area (Å²) in [6.45, 7) is 0. The van der Waals surface area contributed by atoms with Gasteiger partial charge in [-0.1, -0.05) is 36.4 Å². The molecule has 0 radical (unpaired) electrons. The molecule has 0 spiro atoms. The lowest BCUT2D eigenvalue weighted by Crippen LogP contribution is -2.41. The molecule has 2 N–H and O–H groups in total. The summed E-state index contributed by atoms with van der Waals surface area (Å²) in [6, 6.07) is 15.3. The number of carboxylic acids is 1. The maximum absolute atomic E-state index is 12.3. The summed E-state index contributed by atoms with van der Waals surface area (Å²) < 4.78 is 26.9. The Bertz CT molecular complexity index is 858. The molecule has 0 saturated carbocycles. The Hall–Kier alpha value is -2.69. The van der Waals surface area contributed by atoms with Gasteiger partial charge in [0.1, 0.15) is 6.04 Å². The zero-order chi connectivity index (χ0) is 17.6. The lowest BCUT2D eigenvalue weighted by molar-refractivity contribution is -0.139. The first-order chi connectivity index (χ1) is 11.4. The van der Waals surface area contributed by atoms with Crippen molar-refractivity contribution in [1.82, 2.24) is 4.72 Å². The summed E-state index contributed by atoms with van der Waals surface area (Å²) >= 11 is 0. The minimum Gasteiger partial charge on any atom is -0.480 e. The van der Waals surface area contributed by atoms with Crippen molar-refractivity contribution in [2.75, 3.05) is 0 Å². The van der Waals surface area contributed by atoms with Crippen LogP contribution in [0.5, 0.6) is 0 Å². The lowest BCUT2D eigenvalue weighted by atomic mass is 10.1. The van der Waals surface area contributed by atoms with Crippen LogP contribution in [-0.4, -0.2) is 25.5 Å². The van der Waals surface area contributed by atoms with E-state index in [1.54, 1.807) is 0 Å². The van der Waals surface area contributed by atoms with E-state index in [1.165, 1.54) is 24.3 Å². The average molecular weight is 344 g/mol. The van der Waals surface area contributed by atoms with Crippen molar-refractivity contribution in [3.05, 3.63) is 65.7 Å². The number of hydrogen-bond donors (Lipinski definition) is 2. The van der Waals surface area contributed by atoms with Crippen molar-refractivity contribution in [1.29, 1.82) is 5.26 Å². The smallest absolute Gasteiger partial charge is 0.321 e. The van der Waals surface area contributed by atoms with E-state index in [2.05, 4.69) is 4.72 Å². The van der Waals surface area contributed by atoms with Crippen molar-refractivity contribution >= 4 is 16.0 Å². The molecule has 7 heteroatoms. The number of aryl methyl sites for hydroxylation is 1. The van der Waals surface area contributed by atoms with Crippen LogP contribution in [0.2, 0.25) is 0 Å². The molecule has 0 saturated heterocycles. The zero-order valence-electron chi connectivity index (χ0n) is 12.7. The van der Waals surface area contributed by atoms with E-state index in [0.29, 0.717) is 6.42 Å². The van der Waals surface area contributed by atoms with Crippen molar-refractivity contribution in [2.24, 2.45) is 0 Å². The first kappa shape index (κ1) is 17.7. The molecule has 2 aromatic carbocycles. The van der Waals surface area contributed by atoms with Crippen LogP contribution in [0.1, 0.15) is 17.5 Å². The maximum atomic E-state index is 12.3. The fourth-order valence-electron chi connectivity index (χ4n) is 2.18. The van der Waals surface area contributed by atoms with Crippen LogP contribution in [0.15, 0.2) is 59.5 Å². The predicted octanol–water partition coefficient (Wildman–Crippen LogP) is 1.92. The molecule has 0 aliphatic heterocycles. The number of aliphatic carboxylic acids is 1. The molecule has 0 heterocycles. The molecule has 0 aliphatic carbocycles. The van der Waals surface area contributed by atoms with Crippen molar-refractivity contribution in [2.45, 2.75) is 23.8 Å². The number of sulfonamides is 1. The van der Waals surface area contributed by atoms with E-state index in [4.69, 9.17) is 5.26 Å². The van der Waals surface area contributed by atoms with E-state index in [-0.39, 0.29) is 16.9 Å². The highest BCUT2D eigenvalue weighted by molar-refractivity contribution is 7.89. The first-order valence-corrected chi connectivity index (χ1v) is 8.70. The second-order valence-corrected chi connectivity index (χ2v) is 6.89. The van der Waals surface area contributed by atoms with Gasteiger partial charge in [-0.15, -0.1) is 0 Å². The predicted molar refractivity (Wildman–Crippen MR) is 87.7 cm³/mol. The van der Waals surface area contributed by atoms with E-state index in [0.717, 1.165) is 5.56 Å². The molecule has 6 nitrogen and oxygen atoms in total. The molecular weight excluding hydrogens is 328 g/mol. The average Bonchev–Trinajstić information content (AvgIpc) is 2.59. The lowest BCUT2D eigenvalue weighted by Gasteiger charge is -2.15. The number of hydrogen-bond acceptors (Lipinski definition) is 4. The van der Waals surface area contributed by atoms with Gasteiger partial charge < -0.3 is 5.11 Å². The third-order valence-electron chi connectivity index (χ3n) is 3.43. The number of benzene rings is 2. The Labute approximate surface area is 140 Å². The van der Waals surface area contributed by atoms with Crippen LogP contribution in [0, 0.1) is 11.3 Å². The van der Waals surface area contributed by atoms with E-state index >= 15 is 0 Å². The van der Waals surface area contributed by atoms with Crippen molar-refractivity contribution in [3.8, 4) is 6.07 Å². The van der Waals surface area contributed by atoms with Crippen LogP contribution in [-0.2, 0) is 21.2 Å². The van der Waals surface area contributed by atoms with Crippen LogP contribution in [0.4, 0.5) is 0 Å². The highest BCUT2D eigenvalue weighted by Gasteiger charge is 2.25. The molecule has 2 rings (SSSR count). The molecule has 2 aromatic rings. The van der Waals surface area contributed by atoms with Gasteiger partial charge in [0.2, 0.25) is 10.0 Å². The Kier molecular flexibility index (Phi) is 5.68. The molecule has 0 bridgehead atoms. The summed E-state index contributed by atoms with van der Waals surface area (Å²) in [4.78, 5) is 11.2. The second-order valence-electron chi connectivity index (χ2n) is 5.18. The minimum absolute atomic E-state index is 0.122. The standard InChI is InChI=1S/C17H16N2O4S/c18-12-14-7-4-8-15(11-14)24(22,23)19-16(17(20)21)10-9-13-5-2-1-3-6-13/h1-8,11,16,19H,9-10H2,(H,20,21)/t16-/m0/s1. The van der Waals surface area contributed by atoms with Crippen LogP contribution < -0.4 is 4.72 Å². The summed E-state index contributed by atoms with van der Waals surface area (Å²) in [5, 5.41) is 18.1. The number of carbonyl (C=O) groups is 1. The van der Waals surface area contributed by atoms with Gasteiger partial charge in [0.05, 0.1) is 16.5 Å². The number of carboxylic acid groups (broad SMARTS) is 1. The van der Waals surface area contributed by atoms with Gasteiger partial charge >= 0.3 is 5.97 Å². The number of nitriles is 1. The number of nitrogens with zero attached hydrogens (tertiary/aromatic N) is 1. The molecular formula is C17H16N2O4S. The quantitative estimate of drug-likeness (QED) is 0.798. The van der Waals surface area contributed by atoms with E-state index in [9.17, 15) is 18.3 Å². The number of nitrogens with one attached hydrogen (secondary N) is 1. The fraction of sp³-hybridized carbons (Fsp3) is 0.176. The summed E-state index contributed by atoms with van der Waals surface area (Å²) in [7, 11) is -4.02. The Balaban J connectivity index is 2.14. The Morgan fingerprint density at radius 3 is 2.50 bits per heavy atom. The van der Waals surface area contributed by atoms with Crippen molar-refractivity contribution in [3.63, 3.8) is 0 Å². The molecule has 24 heavy (non-hydrogen) atoms. The van der Waals surface area contributed by atoms with Crippen LogP contribution >= 0.6 is 0 Å². The normalized spacial score (nSPS) is 12.3. The zero-order valence-corrected chi connectivity index (χ0v) is 13.5. The summed E-state index contributed by atoms with van der Waals surface area (Å²) in [6.07, 6.45) is 0.551. The van der Waals surface area contributed by atoms with Gasteiger partial charge in [0, 0.05) is 0 Å². The first-order valence-electron chi connectivity index (χ1n) is 7.21. The molecule has 1 atom stereocenters. The fourth-order valence-corrected chi connectivity index (χ4v) is 3.45. The third-order valence-corrected chi connectivity index (χ3v) is 4.90. The third kappa shape index (κ3) is 4.65. The van der Waals surface area contributed by atoms with Gasteiger partial charge in [-0.2, -0.15) is 9.98 Å². The van der Waals surface area contributed by atoms with Gasteiger partial charge in [-0.05, 0) is 36.6 Å². The molecule has 0 aliphatic rings. The monoisotopic (exact) mass is 344 g/mol. The molecule has 0 unspecified atom stereocenters. The highest BCUT2D eigenvalue weighted by Crippen LogP contribution is 2.13. The topological polar surface area (TPSA) is 107 Å². The van der Waals surface area contributed by atoms with E-state index < -0.39 is 22.0 Å². The van der Waals surface area contributed by atoms with Crippen LogP contribution in [0.25, 0.3) is 0 Å².